The highest BCUT2D eigenvalue weighted by atomic mass is 16.5. The molecule has 1 aliphatic heterocycles. The van der Waals surface area contributed by atoms with Crippen molar-refractivity contribution < 1.29 is 4.74 Å². The largest absolute Gasteiger partial charge is 0.489 e. The SMILES string of the molecule is CC.CCc1ccc2c(c1)C=CCO2. The Morgan fingerprint density at radius 2 is 2.07 bits per heavy atom. The van der Waals surface area contributed by atoms with Gasteiger partial charge in [-0.1, -0.05) is 32.9 Å². The van der Waals surface area contributed by atoms with Gasteiger partial charge < -0.3 is 4.74 Å². The van der Waals surface area contributed by atoms with Gasteiger partial charge in [0.25, 0.3) is 0 Å². The Kier molecular flexibility index (Phi) is 4.24. The van der Waals surface area contributed by atoms with Crippen LogP contribution in [0.1, 0.15) is 31.9 Å². The fourth-order valence-corrected chi connectivity index (χ4v) is 1.39. The zero-order chi connectivity index (χ0) is 10.4. The molecule has 0 saturated heterocycles. The summed E-state index contributed by atoms with van der Waals surface area (Å²) in [6.07, 6.45) is 5.25. The first-order chi connectivity index (χ1) is 6.90. The Bertz CT molecular complexity index is 313. The molecule has 0 bridgehead atoms. The van der Waals surface area contributed by atoms with Crippen LogP contribution in [0.25, 0.3) is 6.08 Å². The lowest BCUT2D eigenvalue weighted by Crippen LogP contribution is -2.00. The van der Waals surface area contributed by atoms with E-state index in [1.807, 2.05) is 19.9 Å². The average molecular weight is 190 g/mol. The molecule has 0 atom stereocenters. The van der Waals surface area contributed by atoms with Crippen molar-refractivity contribution in [2.24, 2.45) is 0 Å². The molecule has 1 aromatic rings. The molecule has 1 aliphatic rings. The summed E-state index contributed by atoms with van der Waals surface area (Å²) in [4.78, 5) is 0. The van der Waals surface area contributed by atoms with E-state index in [4.69, 9.17) is 4.74 Å². The molecule has 0 fully saturated rings. The molecule has 0 N–H and O–H groups in total. The topological polar surface area (TPSA) is 9.23 Å². The molecule has 0 amide bonds. The Morgan fingerprint density at radius 3 is 2.79 bits per heavy atom. The third kappa shape index (κ3) is 2.38. The molecule has 0 radical (unpaired) electrons. The Morgan fingerprint density at radius 1 is 1.29 bits per heavy atom. The van der Waals surface area contributed by atoms with Gasteiger partial charge in [-0.25, -0.2) is 0 Å². The summed E-state index contributed by atoms with van der Waals surface area (Å²) < 4.78 is 5.44. The van der Waals surface area contributed by atoms with Crippen molar-refractivity contribution in [3.63, 3.8) is 0 Å². The standard InChI is InChI=1S/C11H12O.C2H6/c1-2-9-5-6-11-10(8-9)4-3-7-12-11;1-2/h3-6,8H,2,7H2,1H3;1-2H3. The van der Waals surface area contributed by atoms with E-state index in [-0.39, 0.29) is 0 Å². The van der Waals surface area contributed by atoms with Crippen LogP contribution in [0.5, 0.6) is 5.75 Å². The fourth-order valence-electron chi connectivity index (χ4n) is 1.39. The molecular weight excluding hydrogens is 172 g/mol. The van der Waals surface area contributed by atoms with E-state index in [1.54, 1.807) is 0 Å². The van der Waals surface area contributed by atoms with Gasteiger partial charge in [-0.05, 0) is 30.2 Å². The van der Waals surface area contributed by atoms with Crippen LogP contribution in [0.4, 0.5) is 0 Å². The van der Waals surface area contributed by atoms with Crippen molar-refractivity contribution in [3.05, 3.63) is 35.4 Å². The van der Waals surface area contributed by atoms with Gasteiger partial charge in [0, 0.05) is 5.56 Å². The number of aryl methyl sites for hydroxylation is 1. The summed E-state index contributed by atoms with van der Waals surface area (Å²) >= 11 is 0. The van der Waals surface area contributed by atoms with E-state index in [2.05, 4.69) is 31.2 Å². The normalized spacial score (nSPS) is 12.2. The second-order valence-corrected chi connectivity index (χ2v) is 2.94. The van der Waals surface area contributed by atoms with Crippen molar-refractivity contribution in [3.8, 4) is 5.75 Å². The molecule has 0 saturated carbocycles. The van der Waals surface area contributed by atoms with Crippen LogP contribution in [0.2, 0.25) is 0 Å². The highest BCUT2D eigenvalue weighted by Gasteiger charge is 2.04. The number of rotatable bonds is 1. The monoisotopic (exact) mass is 190 g/mol. The maximum Gasteiger partial charge on any atom is 0.127 e. The summed E-state index contributed by atoms with van der Waals surface area (Å²) in [6.45, 7) is 6.87. The predicted octanol–water partition coefficient (Wildman–Crippen LogP) is 3.68. The summed E-state index contributed by atoms with van der Waals surface area (Å²) in [5.74, 6) is 1.01. The average Bonchev–Trinajstić information content (AvgIpc) is 2.31. The van der Waals surface area contributed by atoms with Crippen LogP contribution in [0.15, 0.2) is 24.3 Å². The third-order valence-electron chi connectivity index (χ3n) is 2.11. The lowest BCUT2D eigenvalue weighted by atomic mass is 10.1. The van der Waals surface area contributed by atoms with Crippen molar-refractivity contribution in [1.82, 2.24) is 0 Å². The smallest absolute Gasteiger partial charge is 0.127 e. The first-order valence-electron chi connectivity index (χ1n) is 5.32. The van der Waals surface area contributed by atoms with E-state index in [0.717, 1.165) is 12.2 Å². The van der Waals surface area contributed by atoms with Crippen molar-refractivity contribution in [2.45, 2.75) is 27.2 Å². The molecule has 1 nitrogen and oxygen atoms in total. The zero-order valence-electron chi connectivity index (χ0n) is 9.21. The van der Waals surface area contributed by atoms with Crippen LogP contribution >= 0.6 is 0 Å². The molecule has 0 aliphatic carbocycles. The van der Waals surface area contributed by atoms with Crippen LogP contribution in [0, 0.1) is 0 Å². The third-order valence-corrected chi connectivity index (χ3v) is 2.11. The molecule has 1 heterocycles. The lowest BCUT2D eigenvalue weighted by Gasteiger charge is -2.12. The Labute approximate surface area is 86.4 Å². The van der Waals surface area contributed by atoms with E-state index in [1.165, 1.54) is 11.1 Å². The second-order valence-electron chi connectivity index (χ2n) is 2.94. The maximum atomic E-state index is 5.44. The van der Waals surface area contributed by atoms with Crippen molar-refractivity contribution in [2.75, 3.05) is 6.61 Å². The van der Waals surface area contributed by atoms with Gasteiger partial charge in [-0.3, -0.25) is 0 Å². The molecule has 0 spiro atoms. The number of ether oxygens (including phenoxy) is 1. The minimum absolute atomic E-state index is 0.707. The van der Waals surface area contributed by atoms with Gasteiger partial charge in [-0.2, -0.15) is 0 Å². The first kappa shape index (κ1) is 10.8. The highest BCUT2D eigenvalue weighted by Crippen LogP contribution is 2.24. The van der Waals surface area contributed by atoms with Gasteiger partial charge in [0.05, 0.1) is 0 Å². The summed E-state index contributed by atoms with van der Waals surface area (Å²) in [5.41, 5.74) is 2.57. The number of hydrogen-bond donors (Lipinski definition) is 0. The minimum atomic E-state index is 0.707. The molecule has 14 heavy (non-hydrogen) atoms. The number of hydrogen-bond acceptors (Lipinski definition) is 1. The van der Waals surface area contributed by atoms with E-state index in [0.29, 0.717) is 6.61 Å². The minimum Gasteiger partial charge on any atom is -0.489 e. The number of benzene rings is 1. The van der Waals surface area contributed by atoms with Crippen molar-refractivity contribution >= 4 is 6.08 Å². The van der Waals surface area contributed by atoms with Crippen molar-refractivity contribution in [1.29, 1.82) is 0 Å². The quantitative estimate of drug-likeness (QED) is 0.656. The highest BCUT2D eigenvalue weighted by molar-refractivity contribution is 5.60. The van der Waals surface area contributed by atoms with Gasteiger partial charge >= 0.3 is 0 Å². The molecule has 0 unspecified atom stereocenters. The molecule has 1 heteroatoms. The fraction of sp³-hybridized carbons (Fsp3) is 0.385. The summed E-state index contributed by atoms with van der Waals surface area (Å²) in [5, 5.41) is 0. The van der Waals surface area contributed by atoms with Gasteiger partial charge in [0.15, 0.2) is 0 Å². The van der Waals surface area contributed by atoms with E-state index >= 15 is 0 Å². The molecule has 1 aromatic carbocycles. The van der Waals surface area contributed by atoms with Crippen LogP contribution in [-0.2, 0) is 6.42 Å². The van der Waals surface area contributed by atoms with Crippen LogP contribution < -0.4 is 4.74 Å². The summed E-state index contributed by atoms with van der Waals surface area (Å²) in [7, 11) is 0. The van der Waals surface area contributed by atoms with Crippen LogP contribution in [-0.4, -0.2) is 6.61 Å². The van der Waals surface area contributed by atoms with Gasteiger partial charge in [0.2, 0.25) is 0 Å². The van der Waals surface area contributed by atoms with Crippen LogP contribution in [0.3, 0.4) is 0 Å². The zero-order valence-corrected chi connectivity index (χ0v) is 9.21. The molecule has 76 valence electrons. The van der Waals surface area contributed by atoms with Gasteiger partial charge in [-0.15, -0.1) is 0 Å². The number of fused-ring (bicyclic) bond motifs is 1. The predicted molar refractivity (Wildman–Crippen MR) is 61.7 cm³/mol. The molecule has 2 rings (SSSR count). The van der Waals surface area contributed by atoms with E-state index < -0.39 is 0 Å². The first-order valence-corrected chi connectivity index (χ1v) is 5.32. The molecule has 0 aromatic heterocycles. The second kappa shape index (κ2) is 5.48. The van der Waals surface area contributed by atoms with E-state index in [9.17, 15) is 0 Å². The van der Waals surface area contributed by atoms with Gasteiger partial charge in [0.1, 0.15) is 12.4 Å². The maximum absolute atomic E-state index is 5.44. The Balaban J connectivity index is 0.000000461. The Hall–Kier alpha value is -1.24. The lowest BCUT2D eigenvalue weighted by molar-refractivity contribution is 0.358. The molecular formula is C13H18O. The summed E-state index contributed by atoms with van der Waals surface area (Å²) in [6, 6.07) is 6.36.